The van der Waals surface area contributed by atoms with Crippen LogP contribution in [0.4, 0.5) is 0 Å². The van der Waals surface area contributed by atoms with Gasteiger partial charge in [-0.2, -0.15) is 0 Å². The van der Waals surface area contributed by atoms with Gasteiger partial charge in [-0.3, -0.25) is 0 Å². The maximum atomic E-state index is 8.95. The van der Waals surface area contributed by atoms with E-state index in [4.69, 9.17) is 16.9 Å². The third kappa shape index (κ3) is 1.87. The minimum atomic E-state index is -2.77. The van der Waals surface area contributed by atoms with E-state index in [1.54, 1.807) is 0 Å². The molecule has 1 aromatic carbocycles. The third-order valence-corrected chi connectivity index (χ3v) is 1.68. The molecule has 1 aromatic rings. The van der Waals surface area contributed by atoms with Crippen LogP contribution in [-0.2, 0) is 6.37 Å². The molecule has 1 rings (SSSR count). The van der Waals surface area contributed by atoms with Crippen LogP contribution in [0.3, 0.4) is 0 Å². The second-order valence-electron chi connectivity index (χ2n) is 2.57. The third-order valence-electron chi connectivity index (χ3n) is 1.68. The normalized spacial score (nSPS) is 18.4. The minimum Gasteiger partial charge on any atom is -0.423 e. The van der Waals surface area contributed by atoms with Gasteiger partial charge in [0.05, 0.1) is 0 Å². The predicted molar refractivity (Wildman–Crippen MR) is 50.4 cm³/mol. The van der Waals surface area contributed by atoms with Gasteiger partial charge < -0.3 is 10.0 Å². The number of rotatable bonds is 2. The van der Waals surface area contributed by atoms with Crippen molar-refractivity contribution in [1.29, 1.82) is 0 Å². The molecule has 0 aliphatic rings. The van der Waals surface area contributed by atoms with Gasteiger partial charge >= 0.3 is 7.12 Å². The van der Waals surface area contributed by atoms with Crippen molar-refractivity contribution in [2.24, 2.45) is 0 Å². The minimum absolute atomic E-state index is 0.0295. The van der Waals surface area contributed by atoms with Crippen LogP contribution in [0.25, 0.3) is 0 Å². The van der Waals surface area contributed by atoms with Gasteiger partial charge in [-0.25, -0.2) is 0 Å². The fraction of sp³-hybridized carbons (Fsp3) is 0.333. The molecule has 0 spiro atoms. The van der Waals surface area contributed by atoms with Crippen LogP contribution >= 0.6 is 0 Å². The number of benzene rings is 1. The first-order valence-electron chi connectivity index (χ1n) is 6.04. The molecule has 0 amide bonds. The van der Waals surface area contributed by atoms with Gasteiger partial charge in [0, 0.05) is 6.85 Å². The SMILES string of the molecule is [2H]C([2H])([2H])C([2H])([2H])c1ccc(B(O)O)cc1C. The van der Waals surface area contributed by atoms with Crippen molar-refractivity contribution in [3.05, 3.63) is 29.3 Å². The van der Waals surface area contributed by atoms with Crippen molar-refractivity contribution in [2.75, 3.05) is 0 Å². The molecule has 0 fully saturated rings. The first-order valence-corrected chi connectivity index (χ1v) is 3.54. The van der Waals surface area contributed by atoms with E-state index in [9.17, 15) is 0 Å². The molecule has 0 aliphatic carbocycles. The molecule has 12 heavy (non-hydrogen) atoms. The van der Waals surface area contributed by atoms with Gasteiger partial charge in [0.1, 0.15) is 0 Å². The Morgan fingerprint density at radius 2 is 2.33 bits per heavy atom. The molecule has 0 heterocycles. The van der Waals surface area contributed by atoms with Crippen molar-refractivity contribution in [3.63, 3.8) is 0 Å². The summed E-state index contributed by atoms with van der Waals surface area (Å²) < 4.78 is 36.7. The Kier molecular flexibility index (Phi) is 1.38. The lowest BCUT2D eigenvalue weighted by molar-refractivity contribution is 0.425. The lowest BCUT2D eigenvalue weighted by atomic mass is 9.79. The number of hydrogen-bond acceptors (Lipinski definition) is 2. The predicted octanol–water partition coefficient (Wildman–Crippen LogP) is 0.237. The van der Waals surface area contributed by atoms with Gasteiger partial charge in [-0.1, -0.05) is 25.1 Å². The molecule has 3 heteroatoms. The summed E-state index contributed by atoms with van der Waals surface area (Å²) in [6.07, 6.45) is -2.46. The van der Waals surface area contributed by atoms with E-state index in [1.165, 1.54) is 25.1 Å². The summed E-state index contributed by atoms with van der Waals surface area (Å²) >= 11 is 0. The maximum absolute atomic E-state index is 8.95. The largest absolute Gasteiger partial charge is 0.488 e. The van der Waals surface area contributed by atoms with Crippen LogP contribution in [0.5, 0.6) is 0 Å². The topological polar surface area (TPSA) is 40.5 Å². The van der Waals surface area contributed by atoms with E-state index < -0.39 is 20.3 Å². The average molecular weight is 169 g/mol. The highest BCUT2D eigenvalue weighted by atomic mass is 16.4. The molecule has 2 N–H and O–H groups in total. The Morgan fingerprint density at radius 1 is 1.58 bits per heavy atom. The standard InChI is InChI=1S/C9H13BO2/c1-3-8-4-5-9(10(11)12)6-7(8)2/h4-6,11-12H,3H2,1-2H3/i1D3,3D2. The molecule has 0 aliphatic heterocycles. The molecule has 64 valence electrons. The fourth-order valence-electron chi connectivity index (χ4n) is 0.988. The second kappa shape index (κ2) is 3.74. The van der Waals surface area contributed by atoms with Crippen LogP contribution in [0.2, 0.25) is 0 Å². The molecule has 0 unspecified atom stereocenters. The van der Waals surface area contributed by atoms with E-state index in [0.717, 1.165) is 0 Å². The highest BCUT2D eigenvalue weighted by Gasteiger charge is 2.10. The molecule has 0 bridgehead atoms. The molecule has 0 aromatic heterocycles. The molecular weight excluding hydrogens is 151 g/mol. The lowest BCUT2D eigenvalue weighted by Crippen LogP contribution is -2.29. The fourth-order valence-corrected chi connectivity index (χ4v) is 0.988. The van der Waals surface area contributed by atoms with E-state index in [0.29, 0.717) is 5.56 Å². The van der Waals surface area contributed by atoms with E-state index in [1.807, 2.05) is 0 Å². The van der Waals surface area contributed by atoms with Crippen molar-refractivity contribution in [2.45, 2.75) is 20.1 Å². The molecular formula is C9H13BO2. The highest BCUT2D eigenvalue weighted by Crippen LogP contribution is 2.05. The van der Waals surface area contributed by atoms with Gasteiger partial charge in [0.15, 0.2) is 0 Å². The van der Waals surface area contributed by atoms with Crippen molar-refractivity contribution in [3.8, 4) is 0 Å². The zero-order chi connectivity index (χ0) is 13.4. The zero-order valence-electron chi connectivity index (χ0n) is 11.7. The first kappa shape index (κ1) is 4.44. The van der Waals surface area contributed by atoms with Crippen LogP contribution < -0.4 is 5.46 Å². The Labute approximate surface area is 80.0 Å². The summed E-state index contributed by atoms with van der Waals surface area (Å²) in [4.78, 5) is 0. The van der Waals surface area contributed by atoms with Crippen molar-refractivity contribution >= 4 is 12.6 Å². The monoisotopic (exact) mass is 169 g/mol. The zero-order valence-corrected chi connectivity index (χ0v) is 6.70. The molecule has 0 atom stereocenters. The summed E-state index contributed by atoms with van der Waals surface area (Å²) in [5, 5.41) is 17.9. The Balaban J connectivity index is 3.26. The smallest absolute Gasteiger partial charge is 0.423 e. The number of hydrogen-bond donors (Lipinski definition) is 2. The van der Waals surface area contributed by atoms with E-state index in [2.05, 4.69) is 0 Å². The van der Waals surface area contributed by atoms with E-state index in [-0.39, 0.29) is 11.0 Å². The molecule has 0 saturated carbocycles. The van der Waals surface area contributed by atoms with Crippen molar-refractivity contribution in [1.82, 2.24) is 0 Å². The summed E-state index contributed by atoms with van der Waals surface area (Å²) in [6, 6.07) is 3.94. The van der Waals surface area contributed by atoms with Crippen LogP contribution in [-0.4, -0.2) is 17.2 Å². The van der Waals surface area contributed by atoms with Gasteiger partial charge in [-0.05, 0) is 29.9 Å². The Hall–Kier alpha value is -0.795. The summed E-state index contributed by atoms with van der Waals surface area (Å²) in [6.45, 7) is -1.23. The second-order valence-corrected chi connectivity index (χ2v) is 2.57. The first-order chi connectivity index (χ1) is 7.57. The average Bonchev–Trinajstić information content (AvgIpc) is 2.15. The molecule has 0 saturated heterocycles. The number of aryl methyl sites for hydroxylation is 2. The molecule has 0 radical (unpaired) electrons. The Bertz CT molecular complexity index is 416. The summed E-state index contributed by atoms with van der Waals surface area (Å²) in [5.74, 6) is 0. The van der Waals surface area contributed by atoms with Crippen molar-refractivity contribution < 1.29 is 16.9 Å². The van der Waals surface area contributed by atoms with Crippen LogP contribution in [0.15, 0.2) is 18.2 Å². The van der Waals surface area contributed by atoms with Crippen LogP contribution in [0, 0.1) is 6.92 Å². The van der Waals surface area contributed by atoms with Gasteiger partial charge in [0.2, 0.25) is 0 Å². The quantitative estimate of drug-likeness (QED) is 0.622. The Morgan fingerprint density at radius 3 is 2.83 bits per heavy atom. The molecule has 2 nitrogen and oxygen atoms in total. The van der Waals surface area contributed by atoms with E-state index >= 15 is 0 Å². The summed E-state index contributed by atoms with van der Waals surface area (Å²) in [7, 11) is -1.65. The van der Waals surface area contributed by atoms with Gasteiger partial charge in [-0.15, -0.1) is 0 Å². The van der Waals surface area contributed by atoms with Gasteiger partial charge in [0.25, 0.3) is 0 Å². The maximum Gasteiger partial charge on any atom is 0.488 e. The van der Waals surface area contributed by atoms with Crippen LogP contribution in [0.1, 0.15) is 24.8 Å². The lowest BCUT2D eigenvalue weighted by Gasteiger charge is -2.05. The summed E-state index contributed by atoms with van der Waals surface area (Å²) in [5.41, 5.74) is 0.603. The highest BCUT2D eigenvalue weighted by molar-refractivity contribution is 6.58.